The van der Waals surface area contributed by atoms with Crippen molar-refractivity contribution in [1.29, 1.82) is 0 Å². The molecule has 3 nitrogen and oxygen atoms in total. The standard InChI is InChI=1S/C20H20N.C11H22O2.Ir/c1-12-8-13(2)10-17(9-12)19-7-6-18-16(5)15(4)14(3)11-20(18)21-19;1-10(2,3)8(12)7-9(13)11(4,5)6;/h6-9,11H,1-5H3;7-8,12-13H,1-6H3;/q-1;;/b;9-7-;. The van der Waals surface area contributed by atoms with Crippen LogP contribution < -0.4 is 0 Å². The van der Waals surface area contributed by atoms with Crippen LogP contribution in [0.4, 0.5) is 0 Å². The topological polar surface area (TPSA) is 53.4 Å². The van der Waals surface area contributed by atoms with Gasteiger partial charge in [0.25, 0.3) is 0 Å². The number of hydrogen-bond acceptors (Lipinski definition) is 3. The number of aliphatic hydroxyl groups is 2. The molecule has 0 aliphatic carbocycles. The van der Waals surface area contributed by atoms with Crippen molar-refractivity contribution < 1.29 is 30.3 Å². The Balaban J connectivity index is 0.000000383. The zero-order chi connectivity index (χ0) is 26.0. The number of benzene rings is 2. The molecule has 0 aliphatic rings. The number of fused-ring (bicyclic) bond motifs is 1. The monoisotopic (exact) mass is 653 g/mol. The van der Waals surface area contributed by atoms with E-state index in [-0.39, 0.29) is 36.7 Å². The van der Waals surface area contributed by atoms with Crippen molar-refractivity contribution in [3.05, 3.63) is 76.1 Å². The molecule has 0 fully saturated rings. The minimum absolute atomic E-state index is 0. The number of aliphatic hydroxyl groups excluding tert-OH is 2. The fourth-order valence-corrected chi connectivity index (χ4v) is 3.55. The summed E-state index contributed by atoms with van der Waals surface area (Å²) in [5.74, 6) is 0.245. The van der Waals surface area contributed by atoms with E-state index in [4.69, 9.17) is 4.98 Å². The average Bonchev–Trinajstić information content (AvgIpc) is 2.70. The Morgan fingerprint density at radius 1 is 0.914 bits per heavy atom. The Hall–Kier alpha value is -2.00. The van der Waals surface area contributed by atoms with Gasteiger partial charge in [0, 0.05) is 30.9 Å². The largest absolute Gasteiger partial charge is 0.512 e. The van der Waals surface area contributed by atoms with Crippen LogP contribution in [0.3, 0.4) is 0 Å². The van der Waals surface area contributed by atoms with Crippen LogP contribution in [0.15, 0.2) is 42.2 Å². The first-order chi connectivity index (χ1) is 15.5. The van der Waals surface area contributed by atoms with Crippen molar-refractivity contribution >= 4 is 10.9 Å². The first-order valence-corrected chi connectivity index (χ1v) is 12.0. The van der Waals surface area contributed by atoms with E-state index >= 15 is 0 Å². The van der Waals surface area contributed by atoms with E-state index in [1.807, 2.05) is 41.5 Å². The molecule has 0 amide bonds. The third-order valence-corrected chi connectivity index (χ3v) is 6.23. The van der Waals surface area contributed by atoms with Crippen molar-refractivity contribution in [2.75, 3.05) is 0 Å². The second-order valence-electron chi connectivity index (χ2n) is 11.6. The molecule has 0 saturated carbocycles. The van der Waals surface area contributed by atoms with Crippen LogP contribution in [0, 0.1) is 51.5 Å². The minimum atomic E-state index is -0.605. The molecule has 0 bridgehead atoms. The first kappa shape index (κ1) is 31.0. The summed E-state index contributed by atoms with van der Waals surface area (Å²) in [4.78, 5) is 4.86. The number of nitrogens with zero attached hydrogens (tertiary/aromatic N) is 1. The summed E-state index contributed by atoms with van der Waals surface area (Å²) in [6.45, 7) is 22.2. The first-order valence-electron chi connectivity index (χ1n) is 12.0. The van der Waals surface area contributed by atoms with Gasteiger partial charge in [0.05, 0.1) is 17.4 Å². The molecule has 35 heavy (non-hydrogen) atoms. The zero-order valence-electron chi connectivity index (χ0n) is 23.2. The summed E-state index contributed by atoms with van der Waals surface area (Å²) >= 11 is 0. The molecule has 1 aromatic heterocycles. The van der Waals surface area contributed by atoms with Gasteiger partial charge in [-0.3, -0.25) is 4.98 Å². The predicted octanol–water partition coefficient (Wildman–Crippen LogP) is 8.12. The van der Waals surface area contributed by atoms with E-state index in [1.165, 1.54) is 33.7 Å². The summed E-state index contributed by atoms with van der Waals surface area (Å²) in [7, 11) is 0. The average molecular weight is 653 g/mol. The Labute approximate surface area is 226 Å². The van der Waals surface area contributed by atoms with Crippen LogP contribution in [0.5, 0.6) is 0 Å². The molecule has 2 N–H and O–H groups in total. The van der Waals surface area contributed by atoms with E-state index in [0.29, 0.717) is 0 Å². The van der Waals surface area contributed by atoms with E-state index in [1.54, 1.807) is 0 Å². The second-order valence-corrected chi connectivity index (χ2v) is 11.6. The van der Waals surface area contributed by atoms with Gasteiger partial charge in [0.15, 0.2) is 0 Å². The molecular formula is C31H42IrNO2-. The molecule has 0 spiro atoms. The van der Waals surface area contributed by atoms with E-state index in [9.17, 15) is 10.2 Å². The third kappa shape index (κ3) is 8.27. The van der Waals surface area contributed by atoms with Crippen molar-refractivity contribution in [3.8, 4) is 11.3 Å². The molecule has 3 rings (SSSR count). The number of allylic oxidation sites excluding steroid dienone is 1. The second kappa shape index (κ2) is 11.8. The number of hydrogen-bond donors (Lipinski definition) is 2. The molecule has 1 heterocycles. The summed E-state index contributed by atoms with van der Waals surface area (Å²) in [5.41, 5.74) is 9.02. The van der Waals surface area contributed by atoms with Crippen molar-refractivity contribution in [2.45, 2.75) is 82.3 Å². The van der Waals surface area contributed by atoms with Gasteiger partial charge in [-0.1, -0.05) is 67.5 Å². The van der Waals surface area contributed by atoms with Gasteiger partial charge in [0.1, 0.15) is 0 Å². The number of rotatable bonds is 2. The van der Waals surface area contributed by atoms with Gasteiger partial charge in [-0.2, -0.15) is 0 Å². The number of aryl methyl sites for hydroxylation is 4. The number of aromatic nitrogens is 1. The Bertz CT molecular complexity index is 1180. The van der Waals surface area contributed by atoms with E-state index < -0.39 is 6.10 Å². The quantitative estimate of drug-likeness (QED) is 0.217. The van der Waals surface area contributed by atoms with Crippen molar-refractivity contribution in [1.82, 2.24) is 4.98 Å². The maximum absolute atomic E-state index is 9.68. The summed E-state index contributed by atoms with van der Waals surface area (Å²) < 4.78 is 0. The summed E-state index contributed by atoms with van der Waals surface area (Å²) in [6, 6.07) is 14.2. The van der Waals surface area contributed by atoms with Crippen LogP contribution in [-0.2, 0) is 20.1 Å². The molecule has 1 unspecified atom stereocenters. The molecule has 1 atom stereocenters. The molecule has 0 aliphatic heterocycles. The van der Waals surface area contributed by atoms with E-state index in [2.05, 4.69) is 71.0 Å². The van der Waals surface area contributed by atoms with Gasteiger partial charge < -0.3 is 10.2 Å². The smallest absolute Gasteiger partial charge is 0.0961 e. The van der Waals surface area contributed by atoms with Crippen LogP contribution in [0.1, 0.15) is 69.4 Å². The predicted molar refractivity (Wildman–Crippen MR) is 145 cm³/mol. The summed E-state index contributed by atoms with van der Waals surface area (Å²) in [6.07, 6.45) is 0.923. The molecule has 4 heteroatoms. The normalized spacial score (nSPS) is 13.1. The van der Waals surface area contributed by atoms with Gasteiger partial charge >= 0.3 is 0 Å². The maximum Gasteiger partial charge on any atom is 0.0961 e. The molecule has 0 saturated heterocycles. The zero-order valence-corrected chi connectivity index (χ0v) is 25.6. The number of pyridine rings is 1. The van der Waals surface area contributed by atoms with Gasteiger partial charge in [0.2, 0.25) is 0 Å². The minimum Gasteiger partial charge on any atom is -0.512 e. The fraction of sp³-hybridized carbons (Fsp3) is 0.452. The summed E-state index contributed by atoms with van der Waals surface area (Å²) in [5, 5.41) is 20.5. The Kier molecular flexibility index (Phi) is 10.5. The maximum atomic E-state index is 9.68. The van der Waals surface area contributed by atoms with E-state index in [0.717, 1.165) is 22.3 Å². The Morgan fingerprint density at radius 2 is 1.51 bits per heavy atom. The Morgan fingerprint density at radius 3 is 2.03 bits per heavy atom. The van der Waals surface area contributed by atoms with Crippen molar-refractivity contribution in [2.24, 2.45) is 10.8 Å². The SMILES string of the molecule is CC(C)(C)/C(O)=C/C(O)C(C)(C)C.Cc1[c-]c(-c2ccc3c(C)c(C)c(C)cc3n2)cc(C)c1.[Ir]. The molecule has 1 radical (unpaired) electrons. The molecule has 3 aromatic rings. The third-order valence-electron chi connectivity index (χ3n) is 6.23. The van der Waals surface area contributed by atoms with Gasteiger partial charge in [-0.25, -0.2) is 0 Å². The molecule has 2 aromatic carbocycles. The van der Waals surface area contributed by atoms with Gasteiger partial charge in [-0.05, 0) is 60.7 Å². The fourth-order valence-electron chi connectivity index (χ4n) is 3.55. The van der Waals surface area contributed by atoms with Crippen LogP contribution in [0.25, 0.3) is 22.2 Å². The van der Waals surface area contributed by atoms with Crippen molar-refractivity contribution in [3.63, 3.8) is 0 Å². The van der Waals surface area contributed by atoms with Crippen LogP contribution >= 0.6 is 0 Å². The van der Waals surface area contributed by atoms with Gasteiger partial charge in [-0.15, -0.1) is 34.9 Å². The molecule has 193 valence electrons. The van der Waals surface area contributed by atoms with Crippen LogP contribution in [0.2, 0.25) is 0 Å². The molecular weight excluding hydrogens is 611 g/mol. The van der Waals surface area contributed by atoms with Crippen LogP contribution in [-0.4, -0.2) is 21.3 Å².